The molecule has 9 nitrogen and oxygen atoms in total. The first-order valence-corrected chi connectivity index (χ1v) is 8.70. The van der Waals surface area contributed by atoms with E-state index >= 15 is 0 Å². The SMILES string of the molecule is CC1=NN(c2nc(N)nc(-c3cnn(-c4ccc(F)cc4)c3N)n2)C(C)(C)C1. The molecule has 0 radical (unpaired) electrons. The minimum Gasteiger partial charge on any atom is -0.383 e. The molecule has 0 unspecified atom stereocenters. The summed E-state index contributed by atoms with van der Waals surface area (Å²) < 4.78 is 14.7. The van der Waals surface area contributed by atoms with Crippen molar-refractivity contribution in [3.63, 3.8) is 0 Å². The summed E-state index contributed by atoms with van der Waals surface area (Å²) in [5, 5.41) is 10.5. The van der Waals surface area contributed by atoms with Crippen LogP contribution in [0.4, 0.5) is 22.1 Å². The van der Waals surface area contributed by atoms with Crippen molar-refractivity contribution >= 4 is 23.4 Å². The molecular formula is C18H20FN9. The quantitative estimate of drug-likeness (QED) is 0.714. The molecule has 3 aromatic rings. The first kappa shape index (κ1) is 17.8. The monoisotopic (exact) mass is 381 g/mol. The van der Waals surface area contributed by atoms with Gasteiger partial charge in [0.25, 0.3) is 5.95 Å². The molecular weight excluding hydrogens is 361 g/mol. The standard InChI is InChI=1S/C18H20FN9/c1-10-8-18(2,3)28(26-10)17-24-15(23-16(21)25-17)13-9-22-27(14(13)20)12-6-4-11(19)5-7-12/h4-7,9H,8,20H2,1-3H3,(H2,21,23,24,25). The number of nitrogen functional groups attached to an aromatic ring is 2. The third kappa shape index (κ3) is 3.02. The fourth-order valence-electron chi connectivity index (χ4n) is 3.27. The van der Waals surface area contributed by atoms with Crippen LogP contribution in [-0.2, 0) is 0 Å². The largest absolute Gasteiger partial charge is 0.383 e. The summed E-state index contributed by atoms with van der Waals surface area (Å²) in [4.78, 5) is 13.0. The lowest BCUT2D eigenvalue weighted by Gasteiger charge is -2.28. The van der Waals surface area contributed by atoms with Gasteiger partial charge in [-0.2, -0.15) is 25.2 Å². The van der Waals surface area contributed by atoms with Crippen molar-refractivity contribution in [1.82, 2.24) is 24.7 Å². The molecule has 0 fully saturated rings. The number of hydrazone groups is 1. The second-order valence-corrected chi connectivity index (χ2v) is 7.29. The maximum Gasteiger partial charge on any atom is 0.252 e. The molecule has 3 heterocycles. The maximum atomic E-state index is 13.2. The Bertz CT molecular complexity index is 1070. The summed E-state index contributed by atoms with van der Waals surface area (Å²) in [6.45, 7) is 6.05. The molecule has 0 aliphatic carbocycles. The Morgan fingerprint density at radius 2 is 1.79 bits per heavy atom. The van der Waals surface area contributed by atoms with Crippen molar-refractivity contribution in [3.05, 3.63) is 36.3 Å². The zero-order valence-corrected chi connectivity index (χ0v) is 15.8. The van der Waals surface area contributed by atoms with Crippen LogP contribution in [0, 0.1) is 5.82 Å². The van der Waals surface area contributed by atoms with Gasteiger partial charge < -0.3 is 11.5 Å². The van der Waals surface area contributed by atoms with E-state index in [2.05, 4.69) is 25.2 Å². The highest BCUT2D eigenvalue weighted by Crippen LogP contribution is 2.32. The highest BCUT2D eigenvalue weighted by molar-refractivity contribution is 5.87. The van der Waals surface area contributed by atoms with Gasteiger partial charge >= 0.3 is 0 Å². The molecule has 144 valence electrons. The van der Waals surface area contributed by atoms with Gasteiger partial charge in [-0.15, -0.1) is 0 Å². The number of hydrogen-bond donors (Lipinski definition) is 2. The van der Waals surface area contributed by atoms with Gasteiger partial charge in [0, 0.05) is 12.1 Å². The van der Waals surface area contributed by atoms with Crippen molar-refractivity contribution in [1.29, 1.82) is 0 Å². The summed E-state index contributed by atoms with van der Waals surface area (Å²) in [7, 11) is 0. The van der Waals surface area contributed by atoms with E-state index in [-0.39, 0.29) is 17.3 Å². The van der Waals surface area contributed by atoms with Crippen LogP contribution < -0.4 is 16.5 Å². The smallest absolute Gasteiger partial charge is 0.252 e. The highest BCUT2D eigenvalue weighted by atomic mass is 19.1. The molecule has 1 aromatic carbocycles. The van der Waals surface area contributed by atoms with E-state index in [4.69, 9.17) is 11.5 Å². The Morgan fingerprint density at radius 1 is 1.07 bits per heavy atom. The first-order valence-electron chi connectivity index (χ1n) is 8.70. The normalized spacial score (nSPS) is 15.7. The lowest BCUT2D eigenvalue weighted by Crippen LogP contribution is -2.37. The van der Waals surface area contributed by atoms with Crippen molar-refractivity contribution in [2.24, 2.45) is 5.10 Å². The average molecular weight is 381 g/mol. The van der Waals surface area contributed by atoms with E-state index in [1.54, 1.807) is 23.3 Å². The number of aromatic nitrogens is 5. The average Bonchev–Trinajstić information content (AvgIpc) is 3.13. The fourth-order valence-corrected chi connectivity index (χ4v) is 3.27. The lowest BCUT2D eigenvalue weighted by molar-refractivity contribution is 0.506. The van der Waals surface area contributed by atoms with Crippen LogP contribution in [0.2, 0.25) is 0 Å². The molecule has 4 rings (SSSR count). The number of anilines is 3. The van der Waals surface area contributed by atoms with Crippen LogP contribution in [-0.4, -0.2) is 36.0 Å². The number of nitrogens with zero attached hydrogens (tertiary/aromatic N) is 7. The third-order valence-corrected chi connectivity index (χ3v) is 4.48. The van der Waals surface area contributed by atoms with E-state index in [0.717, 1.165) is 12.1 Å². The molecule has 0 amide bonds. The Kier molecular flexibility index (Phi) is 3.98. The van der Waals surface area contributed by atoms with Crippen molar-refractivity contribution in [2.75, 3.05) is 16.5 Å². The number of nitrogens with two attached hydrogens (primary N) is 2. The van der Waals surface area contributed by atoms with Gasteiger partial charge in [-0.25, -0.2) is 14.1 Å². The second-order valence-electron chi connectivity index (χ2n) is 7.29. The van der Waals surface area contributed by atoms with Gasteiger partial charge in [0.1, 0.15) is 11.6 Å². The topological polar surface area (TPSA) is 124 Å². The van der Waals surface area contributed by atoms with E-state index in [0.29, 0.717) is 28.8 Å². The summed E-state index contributed by atoms with van der Waals surface area (Å²) >= 11 is 0. The zero-order valence-electron chi connectivity index (χ0n) is 15.8. The third-order valence-electron chi connectivity index (χ3n) is 4.48. The Balaban J connectivity index is 1.77. The van der Waals surface area contributed by atoms with Crippen molar-refractivity contribution < 1.29 is 4.39 Å². The highest BCUT2D eigenvalue weighted by Gasteiger charge is 2.35. The molecule has 28 heavy (non-hydrogen) atoms. The van der Waals surface area contributed by atoms with Crippen molar-refractivity contribution in [2.45, 2.75) is 32.7 Å². The predicted molar refractivity (Wildman–Crippen MR) is 105 cm³/mol. The van der Waals surface area contributed by atoms with Crippen LogP contribution in [0.5, 0.6) is 0 Å². The zero-order chi connectivity index (χ0) is 20.1. The van der Waals surface area contributed by atoms with Gasteiger partial charge in [-0.1, -0.05) is 0 Å². The molecule has 0 saturated carbocycles. The molecule has 10 heteroatoms. The lowest BCUT2D eigenvalue weighted by atomic mass is 9.99. The van der Waals surface area contributed by atoms with Gasteiger partial charge in [0.05, 0.1) is 23.0 Å². The van der Waals surface area contributed by atoms with E-state index in [1.165, 1.54) is 16.8 Å². The van der Waals surface area contributed by atoms with Gasteiger partial charge in [-0.05, 0) is 45.0 Å². The number of hydrogen-bond acceptors (Lipinski definition) is 8. The van der Waals surface area contributed by atoms with Crippen LogP contribution >= 0.6 is 0 Å². The first-order chi connectivity index (χ1) is 13.2. The Hall–Kier alpha value is -3.56. The molecule has 2 aromatic heterocycles. The summed E-state index contributed by atoms with van der Waals surface area (Å²) in [5.74, 6) is 0.670. The molecule has 0 bridgehead atoms. The van der Waals surface area contributed by atoms with Crippen LogP contribution in [0.25, 0.3) is 17.1 Å². The predicted octanol–water partition coefficient (Wildman–Crippen LogP) is 2.39. The summed E-state index contributed by atoms with van der Waals surface area (Å²) in [5.41, 5.74) is 14.0. The molecule has 0 spiro atoms. The van der Waals surface area contributed by atoms with Crippen LogP contribution in [0.1, 0.15) is 27.2 Å². The molecule has 1 aliphatic heterocycles. The van der Waals surface area contributed by atoms with Crippen LogP contribution in [0.3, 0.4) is 0 Å². The van der Waals surface area contributed by atoms with Crippen molar-refractivity contribution in [3.8, 4) is 17.1 Å². The molecule has 0 atom stereocenters. The van der Waals surface area contributed by atoms with Crippen LogP contribution in [0.15, 0.2) is 35.6 Å². The van der Waals surface area contributed by atoms with E-state index in [9.17, 15) is 4.39 Å². The number of halogens is 1. The number of benzene rings is 1. The molecule has 1 aliphatic rings. The van der Waals surface area contributed by atoms with Gasteiger partial charge in [0.2, 0.25) is 5.95 Å². The molecule has 4 N–H and O–H groups in total. The van der Waals surface area contributed by atoms with Gasteiger partial charge in [0.15, 0.2) is 5.82 Å². The Morgan fingerprint density at radius 3 is 2.43 bits per heavy atom. The molecule has 0 saturated heterocycles. The fraction of sp³-hybridized carbons (Fsp3) is 0.278. The Labute approximate surface area is 160 Å². The number of rotatable bonds is 3. The minimum absolute atomic E-state index is 0.0597. The van der Waals surface area contributed by atoms with E-state index < -0.39 is 0 Å². The maximum absolute atomic E-state index is 13.2. The minimum atomic E-state index is -0.339. The summed E-state index contributed by atoms with van der Waals surface area (Å²) in [6, 6.07) is 5.84. The van der Waals surface area contributed by atoms with Gasteiger partial charge in [-0.3, -0.25) is 0 Å². The summed E-state index contributed by atoms with van der Waals surface area (Å²) in [6.07, 6.45) is 2.33. The second kappa shape index (κ2) is 6.25. The van der Waals surface area contributed by atoms with E-state index in [1.807, 2.05) is 20.8 Å².